The summed E-state index contributed by atoms with van der Waals surface area (Å²) in [4.78, 5) is 23.6. The summed E-state index contributed by atoms with van der Waals surface area (Å²) in [6.07, 6.45) is 1.51. The van der Waals surface area contributed by atoms with Crippen molar-refractivity contribution in [1.29, 1.82) is 0 Å². The van der Waals surface area contributed by atoms with E-state index in [4.69, 9.17) is 4.74 Å². The van der Waals surface area contributed by atoms with Crippen molar-refractivity contribution in [3.8, 4) is 5.75 Å². The molecule has 0 spiro atoms. The van der Waals surface area contributed by atoms with Crippen molar-refractivity contribution in [2.45, 2.75) is 39.7 Å². The van der Waals surface area contributed by atoms with E-state index in [0.29, 0.717) is 25.5 Å². The maximum Gasteiger partial charge on any atom is 0.242 e. The van der Waals surface area contributed by atoms with Gasteiger partial charge in [-0.05, 0) is 41.7 Å². The molecule has 0 saturated heterocycles. The molecule has 0 aromatic heterocycles. The van der Waals surface area contributed by atoms with Crippen LogP contribution in [0.5, 0.6) is 5.75 Å². The molecule has 2 aromatic rings. The molecule has 0 aliphatic heterocycles. The van der Waals surface area contributed by atoms with Gasteiger partial charge in [-0.25, -0.2) is 0 Å². The molecule has 5 nitrogen and oxygen atoms in total. The molecule has 0 fully saturated rings. The summed E-state index contributed by atoms with van der Waals surface area (Å²) in [5.41, 5.74) is 0. The van der Waals surface area contributed by atoms with E-state index in [-0.39, 0.29) is 11.8 Å². The second-order valence-corrected chi connectivity index (χ2v) is 6.87. The van der Waals surface area contributed by atoms with E-state index < -0.39 is 6.04 Å². The molecular formula is C21H28N2O3. The third-order valence-corrected chi connectivity index (χ3v) is 4.12. The molecule has 5 heteroatoms. The Hall–Kier alpha value is -2.56. The predicted octanol–water partition coefficient (Wildman–Crippen LogP) is 3.28. The number of hydrogen-bond donors (Lipinski definition) is 2. The van der Waals surface area contributed by atoms with Crippen molar-refractivity contribution in [2.24, 2.45) is 5.92 Å². The summed E-state index contributed by atoms with van der Waals surface area (Å²) < 4.78 is 5.72. The van der Waals surface area contributed by atoms with Crippen LogP contribution in [-0.2, 0) is 9.59 Å². The first-order valence-corrected chi connectivity index (χ1v) is 9.12. The fourth-order valence-corrected chi connectivity index (χ4v) is 2.74. The molecule has 0 bridgehead atoms. The van der Waals surface area contributed by atoms with E-state index in [1.165, 1.54) is 6.92 Å². The lowest BCUT2D eigenvalue weighted by molar-refractivity contribution is -0.128. The first kappa shape index (κ1) is 19.8. The Balaban J connectivity index is 1.80. The first-order valence-electron chi connectivity index (χ1n) is 9.12. The highest BCUT2D eigenvalue weighted by atomic mass is 16.5. The van der Waals surface area contributed by atoms with E-state index in [1.807, 2.05) is 36.4 Å². The lowest BCUT2D eigenvalue weighted by Crippen LogP contribution is -2.47. The Morgan fingerprint density at radius 3 is 2.46 bits per heavy atom. The van der Waals surface area contributed by atoms with Crippen molar-refractivity contribution in [2.75, 3.05) is 13.2 Å². The standard InChI is InChI=1S/C21H28N2O3/c1-15(2)8-11-20(23-16(3)24)21(25)22-12-13-26-19-10-9-17-6-4-5-7-18(17)14-19/h4-7,9-10,14-15,20H,8,11-13H2,1-3H3,(H,22,25)(H,23,24). The van der Waals surface area contributed by atoms with Gasteiger partial charge in [0.1, 0.15) is 18.4 Å². The Morgan fingerprint density at radius 2 is 1.77 bits per heavy atom. The van der Waals surface area contributed by atoms with Crippen LogP contribution in [0, 0.1) is 5.92 Å². The van der Waals surface area contributed by atoms with E-state index in [2.05, 4.69) is 30.5 Å². The van der Waals surface area contributed by atoms with Crippen LogP contribution >= 0.6 is 0 Å². The van der Waals surface area contributed by atoms with Gasteiger partial charge in [-0.3, -0.25) is 9.59 Å². The number of carbonyl (C=O) groups is 2. The summed E-state index contributed by atoms with van der Waals surface area (Å²) in [6.45, 7) is 6.39. The Morgan fingerprint density at radius 1 is 1.04 bits per heavy atom. The number of hydrogen-bond acceptors (Lipinski definition) is 3. The molecule has 0 saturated carbocycles. The average molecular weight is 356 g/mol. The molecule has 2 amide bonds. The van der Waals surface area contributed by atoms with Gasteiger partial charge in [0, 0.05) is 6.92 Å². The van der Waals surface area contributed by atoms with Crippen molar-refractivity contribution < 1.29 is 14.3 Å². The van der Waals surface area contributed by atoms with E-state index >= 15 is 0 Å². The van der Waals surface area contributed by atoms with Gasteiger partial charge < -0.3 is 15.4 Å². The highest BCUT2D eigenvalue weighted by Gasteiger charge is 2.19. The molecule has 2 rings (SSSR count). The SMILES string of the molecule is CC(=O)NC(CCC(C)C)C(=O)NCCOc1ccc2ccccc2c1. The quantitative estimate of drug-likeness (QED) is 0.678. The number of carbonyl (C=O) groups excluding carboxylic acids is 2. The van der Waals surface area contributed by atoms with Gasteiger partial charge in [-0.1, -0.05) is 44.2 Å². The topological polar surface area (TPSA) is 67.4 Å². The number of fused-ring (bicyclic) bond motifs is 1. The fourth-order valence-electron chi connectivity index (χ4n) is 2.74. The van der Waals surface area contributed by atoms with Crippen LogP contribution in [0.25, 0.3) is 10.8 Å². The number of ether oxygens (including phenoxy) is 1. The van der Waals surface area contributed by atoms with Gasteiger partial charge in [0.2, 0.25) is 11.8 Å². The third kappa shape index (κ3) is 6.39. The number of rotatable bonds is 9. The Bertz CT molecular complexity index is 743. The maximum atomic E-state index is 12.3. The number of nitrogens with one attached hydrogen (secondary N) is 2. The predicted molar refractivity (Wildman–Crippen MR) is 104 cm³/mol. The molecule has 0 aliphatic carbocycles. The average Bonchev–Trinajstić information content (AvgIpc) is 2.61. The van der Waals surface area contributed by atoms with Gasteiger partial charge in [0.15, 0.2) is 0 Å². The number of benzene rings is 2. The lowest BCUT2D eigenvalue weighted by Gasteiger charge is -2.18. The number of amides is 2. The van der Waals surface area contributed by atoms with Gasteiger partial charge in [-0.15, -0.1) is 0 Å². The van der Waals surface area contributed by atoms with E-state index in [0.717, 1.165) is 22.9 Å². The molecule has 0 aliphatic rings. The van der Waals surface area contributed by atoms with Crippen LogP contribution in [0.2, 0.25) is 0 Å². The van der Waals surface area contributed by atoms with Crippen molar-refractivity contribution in [3.63, 3.8) is 0 Å². The van der Waals surface area contributed by atoms with Crippen molar-refractivity contribution in [3.05, 3.63) is 42.5 Å². The van der Waals surface area contributed by atoms with Crippen molar-refractivity contribution in [1.82, 2.24) is 10.6 Å². The summed E-state index contributed by atoms with van der Waals surface area (Å²) >= 11 is 0. The monoisotopic (exact) mass is 356 g/mol. The summed E-state index contributed by atoms with van der Waals surface area (Å²) in [5, 5.41) is 7.84. The summed E-state index contributed by atoms with van der Waals surface area (Å²) in [7, 11) is 0. The van der Waals surface area contributed by atoms with Crippen LogP contribution in [-0.4, -0.2) is 31.0 Å². The second kappa shape index (κ2) is 9.80. The zero-order chi connectivity index (χ0) is 18.9. The van der Waals surface area contributed by atoms with Gasteiger partial charge in [0.25, 0.3) is 0 Å². The normalized spacial score (nSPS) is 12.0. The third-order valence-electron chi connectivity index (χ3n) is 4.12. The van der Waals surface area contributed by atoms with Crippen LogP contribution in [0.15, 0.2) is 42.5 Å². The summed E-state index contributed by atoms with van der Waals surface area (Å²) in [5.74, 6) is 0.899. The molecular weight excluding hydrogens is 328 g/mol. The summed E-state index contributed by atoms with van der Waals surface area (Å²) in [6, 6.07) is 13.5. The second-order valence-electron chi connectivity index (χ2n) is 6.87. The molecule has 140 valence electrons. The zero-order valence-electron chi connectivity index (χ0n) is 15.7. The Labute approximate surface area is 155 Å². The fraction of sp³-hybridized carbons (Fsp3) is 0.429. The van der Waals surface area contributed by atoms with Crippen LogP contribution in [0.4, 0.5) is 0 Å². The van der Waals surface area contributed by atoms with Gasteiger partial charge in [0.05, 0.1) is 6.54 Å². The zero-order valence-corrected chi connectivity index (χ0v) is 15.7. The smallest absolute Gasteiger partial charge is 0.242 e. The van der Waals surface area contributed by atoms with Gasteiger partial charge in [-0.2, -0.15) is 0 Å². The first-order chi connectivity index (χ1) is 12.5. The molecule has 0 radical (unpaired) electrons. The highest BCUT2D eigenvalue weighted by molar-refractivity contribution is 5.86. The van der Waals surface area contributed by atoms with Gasteiger partial charge >= 0.3 is 0 Å². The van der Waals surface area contributed by atoms with Crippen LogP contribution in [0.1, 0.15) is 33.6 Å². The molecule has 2 N–H and O–H groups in total. The Kier molecular flexibility index (Phi) is 7.45. The van der Waals surface area contributed by atoms with Crippen molar-refractivity contribution >= 4 is 22.6 Å². The van der Waals surface area contributed by atoms with E-state index in [9.17, 15) is 9.59 Å². The van der Waals surface area contributed by atoms with Crippen LogP contribution in [0.3, 0.4) is 0 Å². The minimum Gasteiger partial charge on any atom is -0.492 e. The molecule has 1 unspecified atom stereocenters. The largest absolute Gasteiger partial charge is 0.492 e. The molecule has 1 atom stereocenters. The maximum absolute atomic E-state index is 12.3. The lowest BCUT2D eigenvalue weighted by atomic mass is 10.0. The highest BCUT2D eigenvalue weighted by Crippen LogP contribution is 2.20. The molecule has 26 heavy (non-hydrogen) atoms. The molecule has 0 heterocycles. The van der Waals surface area contributed by atoms with Crippen LogP contribution < -0.4 is 15.4 Å². The minimum atomic E-state index is -0.490. The molecule has 2 aromatic carbocycles. The van der Waals surface area contributed by atoms with E-state index in [1.54, 1.807) is 0 Å². The minimum absolute atomic E-state index is 0.164.